The molecule has 6 heteroatoms. The van der Waals surface area contributed by atoms with Gasteiger partial charge in [0.25, 0.3) is 5.91 Å². The number of fused-ring (bicyclic) bond motifs is 1. The highest BCUT2D eigenvalue weighted by atomic mass is 16.5. The van der Waals surface area contributed by atoms with Gasteiger partial charge >= 0.3 is 0 Å². The van der Waals surface area contributed by atoms with Gasteiger partial charge in [-0.1, -0.05) is 18.2 Å². The molecule has 0 fully saturated rings. The molecular weight excluding hydrogens is 268 g/mol. The Morgan fingerprint density at radius 1 is 1.48 bits per heavy atom. The van der Waals surface area contributed by atoms with E-state index in [1.165, 1.54) is 4.68 Å². The summed E-state index contributed by atoms with van der Waals surface area (Å²) in [6.45, 7) is 2.37. The highest BCUT2D eigenvalue weighted by molar-refractivity contribution is 5.98. The summed E-state index contributed by atoms with van der Waals surface area (Å²) < 4.78 is 7.12. The van der Waals surface area contributed by atoms with Gasteiger partial charge in [0.1, 0.15) is 11.4 Å². The zero-order chi connectivity index (χ0) is 15.0. The van der Waals surface area contributed by atoms with Gasteiger partial charge in [-0.2, -0.15) is 5.10 Å². The Bertz CT molecular complexity index is 693. The molecule has 1 unspecified atom stereocenters. The number of amides is 1. The molecular formula is C15H18N4O2. The fourth-order valence-electron chi connectivity index (χ4n) is 2.66. The second-order valence-corrected chi connectivity index (χ2v) is 5.17. The van der Waals surface area contributed by atoms with Gasteiger partial charge in [-0.25, -0.2) is 0 Å². The quantitative estimate of drug-likeness (QED) is 0.878. The lowest BCUT2D eigenvalue weighted by Crippen LogP contribution is -2.33. The topological polar surface area (TPSA) is 82.2 Å². The minimum Gasteiger partial charge on any atom is -0.493 e. The molecule has 6 nitrogen and oxygen atoms in total. The molecule has 0 radical (unpaired) electrons. The largest absolute Gasteiger partial charge is 0.493 e. The third kappa shape index (κ3) is 2.33. The molecule has 1 aromatic heterocycles. The second-order valence-electron chi connectivity index (χ2n) is 5.17. The summed E-state index contributed by atoms with van der Waals surface area (Å²) in [5.74, 6) is 0.612. The molecule has 2 aromatic rings. The van der Waals surface area contributed by atoms with E-state index in [1.807, 2.05) is 24.3 Å². The number of carbonyl (C=O) groups excluding carboxylic acids is 1. The smallest absolute Gasteiger partial charge is 0.272 e. The van der Waals surface area contributed by atoms with Gasteiger partial charge < -0.3 is 15.8 Å². The average molecular weight is 286 g/mol. The van der Waals surface area contributed by atoms with Gasteiger partial charge in [-0.15, -0.1) is 0 Å². The molecule has 0 spiro atoms. The first-order valence-electron chi connectivity index (χ1n) is 6.89. The minimum atomic E-state index is -0.211. The molecule has 3 N–H and O–H groups in total. The lowest BCUT2D eigenvalue weighted by molar-refractivity contribution is 0.0916. The molecule has 1 atom stereocenters. The summed E-state index contributed by atoms with van der Waals surface area (Å²) in [4.78, 5) is 12.5. The molecule has 1 aliphatic heterocycles. The summed E-state index contributed by atoms with van der Waals surface area (Å²) in [7, 11) is 1.72. The number of rotatable bonds is 2. The number of nitrogens with zero attached hydrogens (tertiary/aromatic N) is 2. The molecule has 3 rings (SSSR count). The first-order valence-corrected chi connectivity index (χ1v) is 6.89. The van der Waals surface area contributed by atoms with Crippen molar-refractivity contribution in [1.82, 2.24) is 15.1 Å². The predicted molar refractivity (Wildman–Crippen MR) is 79.1 cm³/mol. The maximum absolute atomic E-state index is 12.5. The number of hydrogen-bond donors (Lipinski definition) is 2. The van der Waals surface area contributed by atoms with Crippen molar-refractivity contribution in [3.8, 4) is 5.75 Å². The number of para-hydroxylation sites is 1. The number of hydrogen-bond acceptors (Lipinski definition) is 4. The monoisotopic (exact) mass is 286 g/mol. The molecule has 1 aromatic carbocycles. The summed E-state index contributed by atoms with van der Waals surface area (Å²) >= 11 is 0. The third-order valence-electron chi connectivity index (χ3n) is 3.75. The Balaban J connectivity index is 1.86. The van der Waals surface area contributed by atoms with Crippen LogP contribution in [0.4, 0.5) is 5.69 Å². The van der Waals surface area contributed by atoms with Crippen LogP contribution < -0.4 is 15.8 Å². The first-order chi connectivity index (χ1) is 10.1. The van der Waals surface area contributed by atoms with Crippen LogP contribution >= 0.6 is 0 Å². The Morgan fingerprint density at radius 3 is 2.95 bits per heavy atom. The molecule has 0 saturated heterocycles. The number of aromatic nitrogens is 2. The maximum atomic E-state index is 12.5. The van der Waals surface area contributed by atoms with Crippen LogP contribution in [0.2, 0.25) is 0 Å². The van der Waals surface area contributed by atoms with E-state index >= 15 is 0 Å². The van der Waals surface area contributed by atoms with Crippen molar-refractivity contribution in [1.29, 1.82) is 0 Å². The Kier molecular flexibility index (Phi) is 3.29. The van der Waals surface area contributed by atoms with Crippen molar-refractivity contribution in [2.24, 2.45) is 7.05 Å². The van der Waals surface area contributed by atoms with Crippen LogP contribution in [0, 0.1) is 6.92 Å². The normalized spacial score (nSPS) is 17.0. The molecule has 1 aliphatic rings. The van der Waals surface area contributed by atoms with E-state index in [-0.39, 0.29) is 11.9 Å². The van der Waals surface area contributed by atoms with Crippen LogP contribution in [0.5, 0.6) is 5.75 Å². The highest BCUT2D eigenvalue weighted by Gasteiger charge is 2.25. The molecule has 21 heavy (non-hydrogen) atoms. The average Bonchev–Trinajstić information content (AvgIpc) is 2.72. The molecule has 2 heterocycles. The first kappa shape index (κ1) is 13.5. The highest BCUT2D eigenvalue weighted by Crippen LogP contribution is 2.31. The molecule has 110 valence electrons. The zero-order valence-electron chi connectivity index (χ0n) is 12.1. The number of nitrogens with two attached hydrogens (primary N) is 1. The summed E-state index contributed by atoms with van der Waals surface area (Å²) in [6.07, 6.45) is 0.736. The van der Waals surface area contributed by atoms with Crippen LogP contribution in [0.3, 0.4) is 0 Å². The number of benzene rings is 1. The van der Waals surface area contributed by atoms with E-state index in [2.05, 4.69) is 10.4 Å². The summed E-state index contributed by atoms with van der Waals surface area (Å²) in [6, 6.07) is 7.67. The number of anilines is 1. The van der Waals surface area contributed by atoms with Crippen molar-refractivity contribution < 1.29 is 9.53 Å². The maximum Gasteiger partial charge on any atom is 0.272 e. The van der Waals surface area contributed by atoms with Crippen LogP contribution in [-0.2, 0) is 7.05 Å². The van der Waals surface area contributed by atoms with Gasteiger partial charge in [0.15, 0.2) is 0 Å². The van der Waals surface area contributed by atoms with Gasteiger partial charge in [0, 0.05) is 19.0 Å². The van der Waals surface area contributed by atoms with Gasteiger partial charge in [-0.05, 0) is 13.0 Å². The number of nitrogen functional groups attached to an aromatic ring is 1. The van der Waals surface area contributed by atoms with Crippen molar-refractivity contribution in [3.63, 3.8) is 0 Å². The lowest BCUT2D eigenvalue weighted by Gasteiger charge is -2.26. The summed E-state index contributed by atoms with van der Waals surface area (Å²) in [5, 5.41) is 7.20. The van der Waals surface area contributed by atoms with E-state index in [1.54, 1.807) is 14.0 Å². The van der Waals surface area contributed by atoms with E-state index in [0.29, 0.717) is 23.7 Å². The molecule has 1 amide bonds. The number of nitrogens with one attached hydrogen (secondary N) is 1. The fourth-order valence-corrected chi connectivity index (χ4v) is 2.66. The Labute approximate surface area is 122 Å². The zero-order valence-corrected chi connectivity index (χ0v) is 12.1. The van der Waals surface area contributed by atoms with E-state index in [0.717, 1.165) is 17.7 Å². The fraction of sp³-hybridized carbons (Fsp3) is 0.333. The van der Waals surface area contributed by atoms with E-state index < -0.39 is 0 Å². The molecule has 0 saturated carbocycles. The SMILES string of the molecule is Cc1nn(C)c(C(=O)NC2CCOc3ccccc32)c1N. The van der Waals surface area contributed by atoms with Crippen LogP contribution in [0.15, 0.2) is 24.3 Å². The number of ether oxygens (including phenoxy) is 1. The molecule has 0 bridgehead atoms. The van der Waals surface area contributed by atoms with Crippen molar-refractivity contribution >= 4 is 11.6 Å². The molecule has 0 aliphatic carbocycles. The van der Waals surface area contributed by atoms with Crippen LogP contribution in [0.1, 0.15) is 34.2 Å². The number of carbonyl (C=O) groups is 1. The minimum absolute atomic E-state index is 0.0722. The number of aryl methyl sites for hydroxylation is 2. The van der Waals surface area contributed by atoms with Crippen molar-refractivity contribution in [2.75, 3.05) is 12.3 Å². The van der Waals surface area contributed by atoms with Crippen molar-refractivity contribution in [3.05, 3.63) is 41.2 Å². The van der Waals surface area contributed by atoms with Gasteiger partial charge in [0.05, 0.1) is 24.0 Å². The second kappa shape index (κ2) is 5.12. The Hall–Kier alpha value is -2.50. The van der Waals surface area contributed by atoms with Crippen molar-refractivity contribution in [2.45, 2.75) is 19.4 Å². The lowest BCUT2D eigenvalue weighted by atomic mass is 10.0. The van der Waals surface area contributed by atoms with E-state index in [9.17, 15) is 4.79 Å². The van der Waals surface area contributed by atoms with Crippen LogP contribution in [-0.4, -0.2) is 22.3 Å². The summed E-state index contributed by atoms with van der Waals surface area (Å²) in [5.41, 5.74) is 8.42. The van der Waals surface area contributed by atoms with Gasteiger partial charge in [-0.3, -0.25) is 9.48 Å². The van der Waals surface area contributed by atoms with E-state index in [4.69, 9.17) is 10.5 Å². The van der Waals surface area contributed by atoms with Gasteiger partial charge in [0.2, 0.25) is 0 Å². The third-order valence-corrected chi connectivity index (χ3v) is 3.75. The van der Waals surface area contributed by atoms with Crippen LogP contribution in [0.25, 0.3) is 0 Å². The Morgan fingerprint density at radius 2 is 2.24 bits per heavy atom. The predicted octanol–water partition coefficient (Wildman–Crippen LogP) is 1.56. The standard InChI is InChI=1S/C15H18N4O2/c1-9-13(16)14(19(2)18-9)15(20)17-11-7-8-21-12-6-4-3-5-10(11)12/h3-6,11H,7-8,16H2,1-2H3,(H,17,20).